The molecule has 1 unspecified atom stereocenters. The number of hydrogen-bond acceptors (Lipinski definition) is 2. The van der Waals surface area contributed by atoms with Crippen molar-refractivity contribution in [3.8, 4) is 0 Å². The molecule has 0 aliphatic rings. The van der Waals surface area contributed by atoms with E-state index in [1.165, 1.54) is 6.07 Å². The molecule has 1 atom stereocenters. The summed E-state index contributed by atoms with van der Waals surface area (Å²) in [5.41, 5.74) is 0.601. The molecule has 0 radical (unpaired) electrons. The highest BCUT2D eigenvalue weighted by Gasteiger charge is 2.23. The van der Waals surface area contributed by atoms with Gasteiger partial charge in [-0.25, -0.2) is 4.39 Å². The van der Waals surface area contributed by atoms with Gasteiger partial charge in [-0.15, -0.1) is 0 Å². The van der Waals surface area contributed by atoms with Crippen LogP contribution in [0, 0.1) is 11.7 Å². The van der Waals surface area contributed by atoms with E-state index in [-0.39, 0.29) is 36.6 Å². The lowest BCUT2D eigenvalue weighted by Crippen LogP contribution is -2.41. The van der Waals surface area contributed by atoms with E-state index in [4.69, 9.17) is 5.11 Å². The van der Waals surface area contributed by atoms with Crippen LogP contribution >= 0.6 is 0 Å². The summed E-state index contributed by atoms with van der Waals surface area (Å²) in [4.78, 5) is 24.7. The van der Waals surface area contributed by atoms with Gasteiger partial charge in [0.25, 0.3) is 0 Å². The smallest absolute Gasteiger partial charge is 0.305 e. The Morgan fingerprint density at radius 3 is 2.41 bits per heavy atom. The lowest BCUT2D eigenvalue weighted by Gasteiger charge is -2.29. The van der Waals surface area contributed by atoms with Crippen molar-refractivity contribution in [3.05, 3.63) is 35.6 Å². The largest absolute Gasteiger partial charge is 0.481 e. The standard InChI is InChI=1S/C17H24FNO3/c1-12(2)19(11-10-16(20)21)17(22)13(3)8-9-14-6-4-5-7-15(14)18/h4-7,12-13H,8-11H2,1-3H3,(H,20,21). The summed E-state index contributed by atoms with van der Waals surface area (Å²) in [5.74, 6) is -1.52. The fourth-order valence-corrected chi connectivity index (χ4v) is 2.32. The van der Waals surface area contributed by atoms with Gasteiger partial charge in [0.2, 0.25) is 5.91 Å². The van der Waals surface area contributed by atoms with Gasteiger partial charge in [-0.1, -0.05) is 25.1 Å². The summed E-state index contributed by atoms with van der Waals surface area (Å²) in [6.45, 7) is 5.74. The molecule has 0 saturated heterocycles. The molecule has 22 heavy (non-hydrogen) atoms. The number of benzene rings is 1. The fourth-order valence-electron chi connectivity index (χ4n) is 2.32. The number of hydrogen-bond donors (Lipinski definition) is 1. The van der Waals surface area contributed by atoms with Crippen LogP contribution in [0.3, 0.4) is 0 Å². The van der Waals surface area contributed by atoms with E-state index in [9.17, 15) is 14.0 Å². The number of rotatable bonds is 8. The average molecular weight is 309 g/mol. The van der Waals surface area contributed by atoms with Gasteiger partial charge >= 0.3 is 5.97 Å². The van der Waals surface area contributed by atoms with Crippen LogP contribution in [-0.2, 0) is 16.0 Å². The van der Waals surface area contributed by atoms with Crippen LogP contribution in [0.15, 0.2) is 24.3 Å². The Bertz CT molecular complexity index is 516. The van der Waals surface area contributed by atoms with E-state index in [0.29, 0.717) is 18.4 Å². The van der Waals surface area contributed by atoms with Crippen molar-refractivity contribution in [1.29, 1.82) is 0 Å². The lowest BCUT2D eigenvalue weighted by molar-refractivity contribution is -0.140. The zero-order valence-corrected chi connectivity index (χ0v) is 13.4. The summed E-state index contributed by atoms with van der Waals surface area (Å²) < 4.78 is 13.6. The maximum absolute atomic E-state index is 13.6. The molecule has 0 aliphatic heterocycles. The second kappa shape index (κ2) is 8.51. The van der Waals surface area contributed by atoms with Crippen molar-refractivity contribution in [2.45, 2.75) is 46.1 Å². The van der Waals surface area contributed by atoms with Crippen molar-refractivity contribution >= 4 is 11.9 Å². The van der Waals surface area contributed by atoms with Crippen LogP contribution in [0.4, 0.5) is 4.39 Å². The average Bonchev–Trinajstić information content (AvgIpc) is 2.45. The third kappa shape index (κ3) is 5.47. The van der Waals surface area contributed by atoms with E-state index >= 15 is 0 Å². The minimum Gasteiger partial charge on any atom is -0.481 e. The first-order valence-corrected chi connectivity index (χ1v) is 7.58. The lowest BCUT2D eigenvalue weighted by atomic mass is 9.99. The van der Waals surface area contributed by atoms with Gasteiger partial charge in [-0.2, -0.15) is 0 Å². The highest BCUT2D eigenvalue weighted by atomic mass is 19.1. The third-order valence-electron chi connectivity index (χ3n) is 3.70. The molecule has 0 bridgehead atoms. The second-order valence-corrected chi connectivity index (χ2v) is 5.80. The Morgan fingerprint density at radius 2 is 1.86 bits per heavy atom. The Balaban J connectivity index is 2.61. The van der Waals surface area contributed by atoms with Crippen molar-refractivity contribution in [2.24, 2.45) is 5.92 Å². The zero-order chi connectivity index (χ0) is 16.7. The molecule has 0 spiro atoms. The highest BCUT2D eigenvalue weighted by molar-refractivity contribution is 5.79. The number of carboxylic acids is 1. The van der Waals surface area contributed by atoms with E-state index in [2.05, 4.69) is 0 Å². The number of aliphatic carboxylic acids is 1. The predicted molar refractivity (Wildman–Crippen MR) is 83.0 cm³/mol. The van der Waals surface area contributed by atoms with Gasteiger partial charge in [0.1, 0.15) is 5.82 Å². The first-order chi connectivity index (χ1) is 10.3. The second-order valence-electron chi connectivity index (χ2n) is 5.80. The minimum absolute atomic E-state index is 0.0530. The molecule has 0 saturated carbocycles. The van der Waals surface area contributed by atoms with Gasteiger partial charge in [-0.05, 0) is 38.3 Å². The Kier molecular flexibility index (Phi) is 7.02. The summed E-state index contributed by atoms with van der Waals surface area (Å²) >= 11 is 0. The van der Waals surface area contributed by atoms with Gasteiger partial charge in [-0.3, -0.25) is 9.59 Å². The van der Waals surface area contributed by atoms with Crippen LogP contribution < -0.4 is 0 Å². The van der Waals surface area contributed by atoms with Crippen molar-refractivity contribution in [3.63, 3.8) is 0 Å². The SMILES string of the molecule is CC(CCc1ccccc1F)C(=O)N(CCC(=O)O)C(C)C. The molecule has 1 N–H and O–H groups in total. The van der Waals surface area contributed by atoms with Crippen molar-refractivity contribution in [1.82, 2.24) is 4.90 Å². The van der Waals surface area contributed by atoms with Crippen LogP contribution in [-0.4, -0.2) is 34.5 Å². The number of carbonyl (C=O) groups excluding carboxylic acids is 1. The molecule has 0 heterocycles. The molecule has 0 fully saturated rings. The normalized spacial score (nSPS) is 12.2. The maximum atomic E-state index is 13.6. The molecule has 122 valence electrons. The van der Waals surface area contributed by atoms with Crippen LogP contribution in [0.1, 0.15) is 39.2 Å². The van der Waals surface area contributed by atoms with Gasteiger partial charge in [0, 0.05) is 18.5 Å². The molecule has 1 rings (SSSR count). The number of aryl methyl sites for hydroxylation is 1. The molecule has 1 amide bonds. The zero-order valence-electron chi connectivity index (χ0n) is 13.4. The predicted octanol–water partition coefficient (Wildman–Crippen LogP) is 3.11. The molecule has 1 aromatic carbocycles. The van der Waals surface area contributed by atoms with Crippen LogP contribution in [0.2, 0.25) is 0 Å². The summed E-state index contributed by atoms with van der Waals surface area (Å²) in [5, 5.41) is 8.77. The molecule has 5 heteroatoms. The third-order valence-corrected chi connectivity index (χ3v) is 3.70. The van der Waals surface area contributed by atoms with Crippen molar-refractivity contribution < 1.29 is 19.1 Å². The Labute approximate surface area is 130 Å². The molecule has 0 aromatic heterocycles. The summed E-state index contributed by atoms with van der Waals surface area (Å²) in [6.07, 6.45) is 0.963. The number of carbonyl (C=O) groups is 2. The number of halogens is 1. The van der Waals surface area contributed by atoms with Crippen molar-refractivity contribution in [2.75, 3.05) is 6.54 Å². The highest BCUT2D eigenvalue weighted by Crippen LogP contribution is 2.16. The topological polar surface area (TPSA) is 57.6 Å². The number of amides is 1. The molecular formula is C17H24FNO3. The monoisotopic (exact) mass is 309 g/mol. The summed E-state index contributed by atoms with van der Waals surface area (Å²) in [6, 6.07) is 6.49. The fraction of sp³-hybridized carbons (Fsp3) is 0.529. The van der Waals surface area contributed by atoms with E-state index in [1.807, 2.05) is 13.8 Å². The van der Waals surface area contributed by atoms with E-state index < -0.39 is 5.97 Å². The first-order valence-electron chi connectivity index (χ1n) is 7.58. The van der Waals surface area contributed by atoms with Crippen LogP contribution in [0.5, 0.6) is 0 Å². The first kappa shape index (κ1) is 18.1. The van der Waals surface area contributed by atoms with E-state index in [1.54, 1.807) is 30.0 Å². The van der Waals surface area contributed by atoms with Gasteiger partial charge in [0.15, 0.2) is 0 Å². The molecule has 0 aliphatic carbocycles. The van der Waals surface area contributed by atoms with E-state index in [0.717, 1.165) is 0 Å². The van der Waals surface area contributed by atoms with Gasteiger partial charge < -0.3 is 10.0 Å². The van der Waals surface area contributed by atoms with Crippen LogP contribution in [0.25, 0.3) is 0 Å². The molecular weight excluding hydrogens is 285 g/mol. The molecule has 1 aromatic rings. The minimum atomic E-state index is -0.919. The Morgan fingerprint density at radius 1 is 1.23 bits per heavy atom. The number of carboxylic acid groups (broad SMARTS) is 1. The quantitative estimate of drug-likeness (QED) is 0.802. The molecule has 4 nitrogen and oxygen atoms in total. The maximum Gasteiger partial charge on any atom is 0.305 e. The summed E-state index contributed by atoms with van der Waals surface area (Å²) in [7, 11) is 0. The van der Waals surface area contributed by atoms with Gasteiger partial charge in [0.05, 0.1) is 6.42 Å². The number of nitrogens with zero attached hydrogens (tertiary/aromatic N) is 1. The Hall–Kier alpha value is -1.91.